The fourth-order valence-corrected chi connectivity index (χ4v) is 10.0. The fourth-order valence-electron chi connectivity index (χ4n) is 10.0. The summed E-state index contributed by atoms with van der Waals surface area (Å²) in [5, 5.41) is 0. The van der Waals surface area contributed by atoms with Gasteiger partial charge in [-0.3, -0.25) is 14.4 Å². The van der Waals surface area contributed by atoms with E-state index in [0.29, 0.717) is 19.3 Å². The molecule has 0 saturated heterocycles. The monoisotopic (exact) mass is 1080 g/mol. The predicted molar refractivity (Wildman–Crippen MR) is 335 cm³/mol. The zero-order valence-electron chi connectivity index (χ0n) is 51.5. The summed E-state index contributed by atoms with van der Waals surface area (Å²) >= 11 is 0. The van der Waals surface area contributed by atoms with Gasteiger partial charge in [-0.2, -0.15) is 0 Å². The molecule has 1 atom stereocenters. The molecule has 0 spiro atoms. The first kappa shape index (κ1) is 74.1. The van der Waals surface area contributed by atoms with Crippen LogP contribution in [0.2, 0.25) is 0 Å². The average molecular weight is 1080 g/mol. The number of unbranched alkanes of at least 4 members (excludes halogenated alkanes) is 41. The Morgan fingerprint density at radius 2 is 0.506 bits per heavy atom. The molecule has 0 N–H and O–H groups in total. The number of carbonyl (C=O) groups excluding carboxylic acids is 3. The van der Waals surface area contributed by atoms with E-state index in [4.69, 9.17) is 14.2 Å². The van der Waals surface area contributed by atoms with Crippen LogP contribution in [0.5, 0.6) is 0 Å². The Morgan fingerprint density at radius 1 is 0.273 bits per heavy atom. The highest BCUT2D eigenvalue weighted by Crippen LogP contribution is 2.18. The Hall–Kier alpha value is -2.89. The van der Waals surface area contributed by atoms with Gasteiger partial charge in [-0.15, -0.1) is 0 Å². The van der Waals surface area contributed by atoms with Crippen LogP contribution < -0.4 is 0 Å². The van der Waals surface area contributed by atoms with Crippen molar-refractivity contribution in [3.63, 3.8) is 0 Å². The minimum atomic E-state index is -0.770. The van der Waals surface area contributed by atoms with Crippen molar-refractivity contribution in [1.29, 1.82) is 0 Å². The number of carbonyl (C=O) groups is 3. The van der Waals surface area contributed by atoms with Crippen molar-refractivity contribution in [1.82, 2.24) is 0 Å². The number of rotatable bonds is 62. The minimum absolute atomic E-state index is 0.0684. The van der Waals surface area contributed by atoms with Gasteiger partial charge in [0, 0.05) is 19.3 Å². The molecule has 6 nitrogen and oxygen atoms in total. The van der Waals surface area contributed by atoms with E-state index < -0.39 is 6.10 Å². The minimum Gasteiger partial charge on any atom is -0.462 e. The molecule has 77 heavy (non-hydrogen) atoms. The molecule has 0 heterocycles. The summed E-state index contributed by atoms with van der Waals surface area (Å²) in [5.74, 6) is -0.850. The van der Waals surface area contributed by atoms with E-state index >= 15 is 0 Å². The standard InChI is InChI=1S/C71H128O6/c1-4-7-10-13-16-19-21-23-25-27-29-31-32-33-34-35-36-37-38-40-41-43-45-47-49-52-55-58-61-64-70(73)76-67-68(66-75-69(72)63-60-57-54-51-18-15-12-9-6-3)77-71(74)65-62-59-56-53-50-48-46-44-42-39-30-28-26-24-22-20-17-14-11-8-5-2/h7,10,16,19,23,25,29,31,33-34,68H,4-6,8-9,11-15,17-18,20-22,24,26-28,30,32,35-67H2,1-3H3/b10-7-,19-16-,25-23-,31-29-,34-33-. The molecule has 448 valence electrons. The van der Waals surface area contributed by atoms with Crippen LogP contribution in [0.3, 0.4) is 0 Å². The van der Waals surface area contributed by atoms with Crippen molar-refractivity contribution < 1.29 is 28.6 Å². The number of hydrogen-bond acceptors (Lipinski definition) is 6. The molecule has 0 bridgehead atoms. The summed E-state index contributed by atoms with van der Waals surface area (Å²) < 4.78 is 16.9. The number of allylic oxidation sites excluding steroid dienone is 10. The lowest BCUT2D eigenvalue weighted by molar-refractivity contribution is -0.167. The van der Waals surface area contributed by atoms with E-state index in [0.717, 1.165) is 89.9 Å². The van der Waals surface area contributed by atoms with Gasteiger partial charge in [0.2, 0.25) is 0 Å². The summed E-state index contributed by atoms with van der Waals surface area (Å²) in [6.07, 6.45) is 84.0. The summed E-state index contributed by atoms with van der Waals surface area (Å²) in [6, 6.07) is 0. The van der Waals surface area contributed by atoms with Crippen LogP contribution in [0.4, 0.5) is 0 Å². The van der Waals surface area contributed by atoms with E-state index in [1.165, 1.54) is 225 Å². The molecular formula is C71H128O6. The highest BCUT2D eigenvalue weighted by Gasteiger charge is 2.19. The quantitative estimate of drug-likeness (QED) is 0.0261. The zero-order chi connectivity index (χ0) is 55.7. The third kappa shape index (κ3) is 63.8. The zero-order valence-corrected chi connectivity index (χ0v) is 51.5. The van der Waals surface area contributed by atoms with E-state index in [1.807, 2.05) is 0 Å². The van der Waals surface area contributed by atoms with E-state index in [9.17, 15) is 14.4 Å². The van der Waals surface area contributed by atoms with E-state index in [2.05, 4.69) is 81.5 Å². The maximum atomic E-state index is 12.9. The van der Waals surface area contributed by atoms with Crippen molar-refractivity contribution >= 4 is 17.9 Å². The molecule has 0 saturated carbocycles. The van der Waals surface area contributed by atoms with Crippen molar-refractivity contribution in [2.24, 2.45) is 0 Å². The lowest BCUT2D eigenvalue weighted by Crippen LogP contribution is -2.30. The molecule has 0 fully saturated rings. The van der Waals surface area contributed by atoms with Gasteiger partial charge in [-0.05, 0) is 64.2 Å². The molecule has 1 unspecified atom stereocenters. The summed E-state index contributed by atoms with van der Waals surface area (Å²) in [6.45, 7) is 6.56. The maximum Gasteiger partial charge on any atom is 0.306 e. The second-order valence-electron chi connectivity index (χ2n) is 22.7. The number of ether oxygens (including phenoxy) is 3. The number of esters is 3. The molecule has 0 aliphatic heterocycles. The molecule has 0 aromatic heterocycles. The Bertz CT molecular complexity index is 1380. The van der Waals surface area contributed by atoms with Gasteiger partial charge >= 0.3 is 17.9 Å². The average Bonchev–Trinajstić information content (AvgIpc) is 3.43. The Kier molecular flexibility index (Phi) is 63.2. The van der Waals surface area contributed by atoms with Crippen molar-refractivity contribution in [2.45, 2.75) is 361 Å². The molecule has 6 heteroatoms. The Labute approximate surface area is 479 Å². The normalized spacial score (nSPS) is 12.4. The smallest absolute Gasteiger partial charge is 0.306 e. The van der Waals surface area contributed by atoms with Crippen molar-refractivity contribution in [2.75, 3.05) is 13.2 Å². The molecule has 0 aliphatic rings. The van der Waals surface area contributed by atoms with Gasteiger partial charge in [-0.25, -0.2) is 0 Å². The predicted octanol–water partition coefficient (Wildman–Crippen LogP) is 23.1. The molecule has 0 aromatic carbocycles. The molecular weight excluding hydrogens is 949 g/mol. The van der Waals surface area contributed by atoms with Crippen LogP contribution in [0.1, 0.15) is 355 Å². The van der Waals surface area contributed by atoms with Gasteiger partial charge in [0.15, 0.2) is 6.10 Å². The summed E-state index contributed by atoms with van der Waals surface area (Å²) in [5.41, 5.74) is 0. The lowest BCUT2D eigenvalue weighted by atomic mass is 10.0. The third-order valence-corrected chi connectivity index (χ3v) is 15.0. The van der Waals surface area contributed by atoms with Gasteiger partial charge < -0.3 is 14.2 Å². The van der Waals surface area contributed by atoms with Gasteiger partial charge in [0.05, 0.1) is 0 Å². The lowest BCUT2D eigenvalue weighted by Gasteiger charge is -2.18. The molecule has 0 rings (SSSR count). The maximum absolute atomic E-state index is 12.9. The third-order valence-electron chi connectivity index (χ3n) is 15.0. The van der Waals surface area contributed by atoms with E-state index in [-0.39, 0.29) is 31.1 Å². The molecule has 0 amide bonds. The fraction of sp³-hybridized carbons (Fsp3) is 0.817. The van der Waals surface area contributed by atoms with Gasteiger partial charge in [0.25, 0.3) is 0 Å². The number of hydrogen-bond donors (Lipinski definition) is 0. The van der Waals surface area contributed by atoms with Crippen LogP contribution in [0.15, 0.2) is 60.8 Å². The SMILES string of the molecule is CC/C=C\C/C=C\C/C=C\C/C=C\C/C=C\CCCCCCCCCCCCCCCC(=O)OCC(COC(=O)CCCCCCCCCCC)OC(=O)CCCCCCCCCCCCCCCCCCCCCCC. The largest absolute Gasteiger partial charge is 0.462 e. The highest BCUT2D eigenvalue weighted by atomic mass is 16.6. The van der Waals surface area contributed by atoms with Crippen LogP contribution in [0, 0.1) is 0 Å². The Balaban J connectivity index is 4.13. The van der Waals surface area contributed by atoms with Crippen LogP contribution >= 0.6 is 0 Å². The van der Waals surface area contributed by atoms with Crippen LogP contribution in [-0.2, 0) is 28.6 Å². The summed E-state index contributed by atoms with van der Waals surface area (Å²) in [4.78, 5) is 38.2. The Morgan fingerprint density at radius 3 is 0.792 bits per heavy atom. The first-order chi connectivity index (χ1) is 38.0. The second kappa shape index (κ2) is 65.6. The van der Waals surface area contributed by atoms with Crippen LogP contribution in [0.25, 0.3) is 0 Å². The van der Waals surface area contributed by atoms with E-state index in [1.54, 1.807) is 0 Å². The summed E-state index contributed by atoms with van der Waals surface area (Å²) in [7, 11) is 0. The second-order valence-corrected chi connectivity index (χ2v) is 22.7. The molecule has 0 radical (unpaired) electrons. The molecule has 0 aromatic rings. The van der Waals surface area contributed by atoms with Gasteiger partial charge in [-0.1, -0.05) is 332 Å². The van der Waals surface area contributed by atoms with Crippen LogP contribution in [-0.4, -0.2) is 37.2 Å². The topological polar surface area (TPSA) is 78.9 Å². The highest BCUT2D eigenvalue weighted by molar-refractivity contribution is 5.71. The first-order valence-corrected chi connectivity index (χ1v) is 33.8. The first-order valence-electron chi connectivity index (χ1n) is 33.8. The van der Waals surface area contributed by atoms with Gasteiger partial charge in [0.1, 0.15) is 13.2 Å². The van der Waals surface area contributed by atoms with Crippen molar-refractivity contribution in [3.8, 4) is 0 Å². The molecule has 0 aliphatic carbocycles. The van der Waals surface area contributed by atoms with Crippen molar-refractivity contribution in [3.05, 3.63) is 60.8 Å².